The topological polar surface area (TPSA) is 201 Å². The zero-order chi connectivity index (χ0) is 26.2. The van der Waals surface area contributed by atoms with Crippen LogP contribution in [0.15, 0.2) is 45.1 Å². The number of esters is 1. The summed E-state index contributed by atoms with van der Waals surface area (Å²) in [7, 11) is -4.14. The highest BCUT2D eigenvalue weighted by Crippen LogP contribution is 2.35. The van der Waals surface area contributed by atoms with Crippen LogP contribution in [0.25, 0.3) is 0 Å². The third kappa shape index (κ3) is 5.24. The summed E-state index contributed by atoms with van der Waals surface area (Å²) in [4.78, 5) is 38.0. The zero-order valence-corrected chi connectivity index (χ0v) is 20.3. The molecule has 2 aromatic heterocycles. The Labute approximate surface area is 208 Å². The quantitative estimate of drug-likeness (QED) is 0.331. The van der Waals surface area contributed by atoms with Crippen LogP contribution in [-0.2, 0) is 26.1 Å². The number of rotatable bonds is 7. The molecule has 3 aromatic rings. The number of H-pyrrole nitrogens is 1. The van der Waals surface area contributed by atoms with Crippen molar-refractivity contribution in [1.29, 1.82) is 0 Å². The standard InChI is InChI=1S/C20H21ClN6O8S/c1-10-6-26(20(31)23-18(10)29)17-5-14(15(8-28)35-17)27-7-12(24-25-27)9-34-19(30)11-2-3-13(21)16(4-11)36(22,32)33/h2-4,6-7,14-15,17,28H,5,8-9H2,1H3,(H2,22,32,33)(H,23,29,31)/t14-,15+,17+/m0/s1. The minimum Gasteiger partial charge on any atom is -0.455 e. The van der Waals surface area contributed by atoms with E-state index < -0.39 is 50.5 Å². The lowest BCUT2D eigenvalue weighted by molar-refractivity contribution is -0.0323. The summed E-state index contributed by atoms with van der Waals surface area (Å²) in [5, 5.41) is 22.7. The lowest BCUT2D eigenvalue weighted by Crippen LogP contribution is -2.33. The van der Waals surface area contributed by atoms with Gasteiger partial charge in [-0.2, -0.15) is 0 Å². The first kappa shape index (κ1) is 25.7. The monoisotopic (exact) mass is 540 g/mol. The number of sulfonamides is 1. The van der Waals surface area contributed by atoms with E-state index in [2.05, 4.69) is 15.3 Å². The van der Waals surface area contributed by atoms with Crippen molar-refractivity contribution in [3.63, 3.8) is 0 Å². The van der Waals surface area contributed by atoms with Gasteiger partial charge in [-0.1, -0.05) is 16.8 Å². The first-order chi connectivity index (χ1) is 17.0. The molecule has 0 amide bonds. The summed E-state index contributed by atoms with van der Waals surface area (Å²) < 4.78 is 36.9. The lowest BCUT2D eigenvalue weighted by atomic mass is 10.1. The molecule has 0 saturated carbocycles. The smallest absolute Gasteiger partial charge is 0.338 e. The second-order valence-electron chi connectivity index (χ2n) is 8.05. The largest absolute Gasteiger partial charge is 0.455 e. The highest BCUT2D eigenvalue weighted by Gasteiger charge is 2.38. The maximum atomic E-state index is 12.4. The van der Waals surface area contributed by atoms with Gasteiger partial charge in [0.05, 0.1) is 29.4 Å². The Hall–Kier alpha value is -3.37. The van der Waals surface area contributed by atoms with Gasteiger partial charge < -0.3 is 14.6 Å². The first-order valence-corrected chi connectivity index (χ1v) is 12.4. The average Bonchev–Trinajstić information content (AvgIpc) is 3.46. The Bertz CT molecular complexity index is 1530. The summed E-state index contributed by atoms with van der Waals surface area (Å²) in [6.07, 6.45) is 1.62. The van der Waals surface area contributed by atoms with Crippen LogP contribution in [0.4, 0.5) is 0 Å². The molecule has 36 heavy (non-hydrogen) atoms. The van der Waals surface area contributed by atoms with E-state index in [1.807, 2.05) is 0 Å². The minimum absolute atomic E-state index is 0.0789. The fraction of sp³-hybridized carbons (Fsp3) is 0.350. The summed E-state index contributed by atoms with van der Waals surface area (Å²) in [5.74, 6) is -0.837. The first-order valence-electron chi connectivity index (χ1n) is 10.5. The Morgan fingerprint density at radius 3 is 2.81 bits per heavy atom. The molecule has 16 heteroatoms. The van der Waals surface area contributed by atoms with Crippen molar-refractivity contribution in [3.05, 3.63) is 73.3 Å². The highest BCUT2D eigenvalue weighted by molar-refractivity contribution is 7.89. The van der Waals surface area contributed by atoms with E-state index in [0.29, 0.717) is 5.56 Å². The lowest BCUT2D eigenvalue weighted by Gasteiger charge is -2.15. The van der Waals surface area contributed by atoms with Crippen molar-refractivity contribution in [1.82, 2.24) is 24.5 Å². The zero-order valence-electron chi connectivity index (χ0n) is 18.7. The number of primary sulfonamides is 1. The van der Waals surface area contributed by atoms with Gasteiger partial charge in [0.25, 0.3) is 5.56 Å². The maximum absolute atomic E-state index is 12.4. The number of nitrogens with two attached hydrogens (primary N) is 1. The van der Waals surface area contributed by atoms with E-state index >= 15 is 0 Å². The number of halogens is 1. The fourth-order valence-corrected chi connectivity index (χ4v) is 4.81. The second kappa shape index (κ2) is 9.94. The predicted molar refractivity (Wildman–Crippen MR) is 123 cm³/mol. The third-order valence-corrected chi connectivity index (χ3v) is 6.95. The Morgan fingerprint density at radius 1 is 1.36 bits per heavy atom. The number of ether oxygens (including phenoxy) is 2. The molecular weight excluding hydrogens is 520 g/mol. The Morgan fingerprint density at radius 2 is 2.11 bits per heavy atom. The molecule has 1 aromatic carbocycles. The Kier molecular flexibility index (Phi) is 7.10. The number of aliphatic hydroxyl groups is 1. The summed E-state index contributed by atoms with van der Waals surface area (Å²) in [6, 6.07) is 3.01. The summed E-state index contributed by atoms with van der Waals surface area (Å²) in [6.45, 7) is 0.895. The molecular formula is C20H21ClN6O8S. The molecule has 0 bridgehead atoms. The fourth-order valence-electron chi connectivity index (χ4n) is 3.74. The number of aromatic nitrogens is 5. The van der Waals surface area contributed by atoms with Gasteiger partial charge >= 0.3 is 11.7 Å². The van der Waals surface area contributed by atoms with Crippen molar-refractivity contribution in [2.24, 2.45) is 5.14 Å². The van der Waals surface area contributed by atoms with Crippen LogP contribution in [-0.4, -0.2) is 56.7 Å². The number of hydrogen-bond donors (Lipinski definition) is 3. The van der Waals surface area contributed by atoms with Gasteiger partial charge in [-0.25, -0.2) is 27.8 Å². The van der Waals surface area contributed by atoms with Gasteiger partial charge in [0.15, 0.2) is 0 Å². The molecule has 1 aliphatic rings. The van der Waals surface area contributed by atoms with Crippen LogP contribution >= 0.6 is 11.6 Å². The number of aromatic amines is 1. The van der Waals surface area contributed by atoms with E-state index in [-0.39, 0.29) is 35.9 Å². The Balaban J connectivity index is 1.46. The summed E-state index contributed by atoms with van der Waals surface area (Å²) in [5.41, 5.74) is -0.638. The summed E-state index contributed by atoms with van der Waals surface area (Å²) >= 11 is 5.82. The molecule has 192 valence electrons. The van der Waals surface area contributed by atoms with Crippen LogP contribution in [0.1, 0.15) is 40.3 Å². The number of nitrogens with one attached hydrogen (secondary N) is 1. The van der Waals surface area contributed by atoms with E-state index in [1.165, 1.54) is 33.8 Å². The maximum Gasteiger partial charge on any atom is 0.338 e. The van der Waals surface area contributed by atoms with Crippen molar-refractivity contribution < 1.29 is 27.8 Å². The molecule has 0 radical (unpaired) electrons. The SMILES string of the molecule is Cc1cn([C@H]2C[C@H](n3cc(COC(=O)c4ccc(Cl)c(S(N)(=O)=O)c4)nn3)[C@@H](CO)O2)c(=O)[nH]c1=O. The number of carbonyl (C=O) groups excluding carboxylic acids is 1. The molecule has 14 nitrogen and oxygen atoms in total. The number of carbonyl (C=O) groups is 1. The van der Waals surface area contributed by atoms with Crippen LogP contribution in [0.5, 0.6) is 0 Å². The van der Waals surface area contributed by atoms with Crippen LogP contribution in [0, 0.1) is 6.92 Å². The number of benzene rings is 1. The predicted octanol–water partition coefficient (Wildman–Crippen LogP) is -0.385. The molecule has 1 saturated heterocycles. The minimum atomic E-state index is -4.14. The van der Waals surface area contributed by atoms with Gasteiger partial charge in [0, 0.05) is 18.2 Å². The molecule has 3 atom stereocenters. The van der Waals surface area contributed by atoms with Crippen LogP contribution in [0.3, 0.4) is 0 Å². The molecule has 0 aliphatic carbocycles. The van der Waals surface area contributed by atoms with Crippen molar-refractivity contribution in [3.8, 4) is 0 Å². The van der Waals surface area contributed by atoms with Gasteiger partial charge in [-0.3, -0.25) is 14.3 Å². The van der Waals surface area contributed by atoms with E-state index in [9.17, 15) is 27.9 Å². The molecule has 0 spiro atoms. The van der Waals surface area contributed by atoms with E-state index in [4.69, 9.17) is 26.2 Å². The number of hydrogen-bond acceptors (Lipinski definition) is 10. The molecule has 3 heterocycles. The van der Waals surface area contributed by atoms with Gasteiger partial charge in [0.1, 0.15) is 29.5 Å². The molecule has 1 aliphatic heterocycles. The molecule has 0 unspecified atom stereocenters. The van der Waals surface area contributed by atoms with Crippen molar-refractivity contribution in [2.45, 2.75) is 43.2 Å². The third-order valence-electron chi connectivity index (χ3n) is 5.56. The normalized spacial score (nSPS) is 19.9. The van der Waals surface area contributed by atoms with Crippen molar-refractivity contribution >= 4 is 27.6 Å². The number of aryl methyl sites for hydroxylation is 1. The highest BCUT2D eigenvalue weighted by atomic mass is 35.5. The van der Waals surface area contributed by atoms with Crippen molar-refractivity contribution in [2.75, 3.05) is 6.61 Å². The molecule has 4 N–H and O–H groups in total. The second-order valence-corrected chi connectivity index (χ2v) is 9.99. The number of nitrogens with zero attached hydrogens (tertiary/aromatic N) is 4. The van der Waals surface area contributed by atoms with Crippen LogP contribution < -0.4 is 16.4 Å². The van der Waals surface area contributed by atoms with Crippen LogP contribution in [0.2, 0.25) is 5.02 Å². The van der Waals surface area contributed by atoms with E-state index in [1.54, 1.807) is 6.92 Å². The van der Waals surface area contributed by atoms with Gasteiger partial charge in [0.2, 0.25) is 10.0 Å². The number of aliphatic hydroxyl groups excluding tert-OH is 1. The van der Waals surface area contributed by atoms with Gasteiger partial charge in [-0.15, -0.1) is 5.10 Å². The molecule has 4 rings (SSSR count). The van der Waals surface area contributed by atoms with E-state index in [0.717, 1.165) is 6.07 Å². The molecule has 1 fully saturated rings. The average molecular weight is 541 g/mol. The van der Waals surface area contributed by atoms with Gasteiger partial charge in [-0.05, 0) is 25.1 Å².